The van der Waals surface area contributed by atoms with Crippen LogP contribution in [0.1, 0.15) is 5.56 Å². The third kappa shape index (κ3) is 2.86. The Balaban J connectivity index is 1.93. The lowest BCUT2D eigenvalue weighted by molar-refractivity contribution is -0.00357. The second-order valence-corrected chi connectivity index (χ2v) is 5.03. The third-order valence-electron chi connectivity index (χ3n) is 3.39. The zero-order valence-electron chi connectivity index (χ0n) is 12.1. The number of benzene rings is 1. The molecule has 23 heavy (non-hydrogen) atoms. The molecule has 0 saturated heterocycles. The monoisotopic (exact) mass is 318 g/mol. The fourth-order valence-electron chi connectivity index (χ4n) is 2.24. The molecule has 0 saturated carbocycles. The van der Waals surface area contributed by atoms with E-state index in [9.17, 15) is 15.0 Å². The van der Waals surface area contributed by atoms with Crippen LogP contribution in [0.25, 0.3) is 11.0 Å². The van der Waals surface area contributed by atoms with Gasteiger partial charge in [0, 0.05) is 17.5 Å². The predicted molar refractivity (Wildman–Crippen MR) is 80.2 cm³/mol. The van der Waals surface area contributed by atoms with E-state index in [4.69, 9.17) is 19.0 Å². The maximum atomic E-state index is 11.4. The largest absolute Gasteiger partial charge is 0.505 e. The Hall–Kier alpha value is -2.93. The van der Waals surface area contributed by atoms with Gasteiger partial charge in [0.1, 0.15) is 11.3 Å². The van der Waals surface area contributed by atoms with Crippen molar-refractivity contribution < 1.29 is 29.2 Å². The molecule has 0 amide bonds. The van der Waals surface area contributed by atoms with Crippen molar-refractivity contribution in [3.63, 3.8) is 0 Å². The van der Waals surface area contributed by atoms with Crippen molar-refractivity contribution in [3.8, 4) is 5.75 Å². The van der Waals surface area contributed by atoms with E-state index in [1.54, 1.807) is 19.1 Å². The molecule has 0 aliphatic carbocycles. The van der Waals surface area contributed by atoms with Crippen LogP contribution < -0.4 is 10.4 Å². The number of aliphatic hydroxyl groups excluding tert-OH is 3. The number of allylic oxidation sites excluding steroid dienone is 1. The smallest absolute Gasteiger partial charge is 0.336 e. The molecule has 1 aromatic heterocycles. The van der Waals surface area contributed by atoms with Gasteiger partial charge in [-0.15, -0.1) is 0 Å². The van der Waals surface area contributed by atoms with Crippen molar-refractivity contribution in [3.05, 3.63) is 63.8 Å². The molecule has 0 bridgehead atoms. The Kier molecular flexibility index (Phi) is 3.71. The fourth-order valence-corrected chi connectivity index (χ4v) is 2.24. The highest BCUT2D eigenvalue weighted by Crippen LogP contribution is 2.26. The molecule has 120 valence electrons. The van der Waals surface area contributed by atoms with Crippen LogP contribution in [-0.2, 0) is 4.74 Å². The summed E-state index contributed by atoms with van der Waals surface area (Å²) in [5.74, 6) is -0.717. The maximum absolute atomic E-state index is 11.4. The molecule has 2 aromatic rings. The minimum Gasteiger partial charge on any atom is -0.505 e. The lowest BCUT2D eigenvalue weighted by Gasteiger charge is -2.22. The number of aliphatic hydroxyl groups is 3. The summed E-state index contributed by atoms with van der Waals surface area (Å²) in [5, 5.41) is 29.0. The second-order valence-electron chi connectivity index (χ2n) is 5.03. The molecule has 7 heteroatoms. The van der Waals surface area contributed by atoms with Crippen molar-refractivity contribution in [2.45, 2.75) is 13.0 Å². The molecule has 0 fully saturated rings. The van der Waals surface area contributed by atoms with Gasteiger partial charge in [0.15, 0.2) is 17.6 Å². The minimum absolute atomic E-state index is 0.103. The average Bonchev–Trinajstić information content (AvgIpc) is 2.50. The molecule has 7 nitrogen and oxygen atoms in total. The van der Waals surface area contributed by atoms with Crippen molar-refractivity contribution in [1.82, 2.24) is 0 Å². The van der Waals surface area contributed by atoms with Gasteiger partial charge < -0.3 is 29.2 Å². The number of hydrogen-bond acceptors (Lipinski definition) is 7. The van der Waals surface area contributed by atoms with Crippen LogP contribution in [0.3, 0.4) is 0 Å². The lowest BCUT2D eigenvalue weighted by atomic mass is 10.1. The average molecular weight is 318 g/mol. The first kappa shape index (κ1) is 15.0. The lowest BCUT2D eigenvalue weighted by Crippen LogP contribution is -2.26. The van der Waals surface area contributed by atoms with E-state index in [0.717, 1.165) is 17.0 Å². The molecule has 1 aliphatic heterocycles. The highest BCUT2D eigenvalue weighted by molar-refractivity contribution is 5.81. The van der Waals surface area contributed by atoms with Crippen molar-refractivity contribution in [1.29, 1.82) is 0 Å². The molecular formula is C16H14O7. The first-order valence-electron chi connectivity index (χ1n) is 6.81. The Morgan fingerprint density at radius 2 is 2.04 bits per heavy atom. The number of ether oxygens (including phenoxy) is 2. The van der Waals surface area contributed by atoms with Crippen molar-refractivity contribution in [2.75, 3.05) is 6.61 Å². The van der Waals surface area contributed by atoms with E-state index < -0.39 is 29.9 Å². The summed E-state index contributed by atoms with van der Waals surface area (Å²) in [7, 11) is 0. The molecule has 3 N–H and O–H groups in total. The van der Waals surface area contributed by atoms with E-state index in [1.165, 1.54) is 12.1 Å². The van der Waals surface area contributed by atoms with Gasteiger partial charge in [0.05, 0.1) is 12.7 Å². The summed E-state index contributed by atoms with van der Waals surface area (Å²) in [6.07, 6.45) is -0.0198. The van der Waals surface area contributed by atoms with Crippen molar-refractivity contribution >= 4 is 11.0 Å². The highest BCUT2D eigenvalue weighted by Gasteiger charge is 2.25. The quantitative estimate of drug-likeness (QED) is 0.743. The van der Waals surface area contributed by atoms with E-state index in [-0.39, 0.29) is 5.95 Å². The molecule has 2 heterocycles. The van der Waals surface area contributed by atoms with Crippen molar-refractivity contribution in [2.24, 2.45) is 0 Å². The van der Waals surface area contributed by atoms with Crippen LogP contribution in [0.15, 0.2) is 57.0 Å². The summed E-state index contributed by atoms with van der Waals surface area (Å²) >= 11 is 0. The van der Waals surface area contributed by atoms with Gasteiger partial charge >= 0.3 is 5.63 Å². The molecule has 0 spiro atoms. The molecule has 0 radical (unpaired) electrons. The molecule has 0 unspecified atom stereocenters. The molecule has 1 aromatic carbocycles. The number of rotatable bonds is 3. The van der Waals surface area contributed by atoms with Gasteiger partial charge in [-0.25, -0.2) is 4.79 Å². The Morgan fingerprint density at radius 1 is 1.26 bits per heavy atom. The van der Waals surface area contributed by atoms with Crippen LogP contribution in [0.4, 0.5) is 0 Å². The third-order valence-corrected chi connectivity index (χ3v) is 3.39. The summed E-state index contributed by atoms with van der Waals surface area (Å²) in [4.78, 5) is 11.4. The normalized spacial score (nSPS) is 17.8. The number of hydrogen-bond donors (Lipinski definition) is 3. The Labute approximate surface area is 130 Å². The van der Waals surface area contributed by atoms with Crippen LogP contribution >= 0.6 is 0 Å². The highest BCUT2D eigenvalue weighted by atomic mass is 16.7. The standard InChI is InChI=1S/C16H14O7/c1-8-4-14(19)22-12-5-9(2-3-10(8)12)21-15-6-11(18)16(20)13(7-17)23-15/h2-6,13,17-18,20H,7H2,1H3/t13-/m1/s1. The first-order chi connectivity index (χ1) is 11.0. The SMILES string of the molecule is Cc1cc(=O)oc2cc(OC3=CC(O)=C(O)[C@@H](CO)O3)ccc12. The van der Waals surface area contributed by atoms with Gasteiger partial charge in [-0.1, -0.05) is 0 Å². The fraction of sp³-hybridized carbons (Fsp3) is 0.188. The van der Waals surface area contributed by atoms with Crippen LogP contribution in [0.5, 0.6) is 5.75 Å². The van der Waals surface area contributed by atoms with E-state index >= 15 is 0 Å². The first-order valence-corrected chi connectivity index (χ1v) is 6.81. The van der Waals surface area contributed by atoms with E-state index in [2.05, 4.69) is 0 Å². The molecular weight excluding hydrogens is 304 g/mol. The predicted octanol–water partition coefficient (Wildman–Crippen LogP) is 2.04. The second kappa shape index (κ2) is 5.69. The van der Waals surface area contributed by atoms with E-state index in [1.807, 2.05) is 0 Å². The molecule has 1 atom stereocenters. The molecule has 3 rings (SSSR count). The Bertz CT molecular complexity index is 876. The molecule has 1 aliphatic rings. The van der Waals surface area contributed by atoms with Gasteiger partial charge in [-0.2, -0.15) is 0 Å². The number of fused-ring (bicyclic) bond motifs is 1. The Morgan fingerprint density at radius 3 is 2.78 bits per heavy atom. The maximum Gasteiger partial charge on any atom is 0.336 e. The number of aryl methyl sites for hydroxylation is 1. The van der Waals surface area contributed by atoms with Gasteiger partial charge in [0.25, 0.3) is 5.95 Å². The van der Waals surface area contributed by atoms with Crippen LogP contribution in [0.2, 0.25) is 0 Å². The van der Waals surface area contributed by atoms with Gasteiger partial charge in [-0.05, 0) is 24.6 Å². The zero-order chi connectivity index (χ0) is 16.6. The van der Waals surface area contributed by atoms with Crippen LogP contribution in [-0.4, -0.2) is 28.0 Å². The summed E-state index contributed by atoms with van der Waals surface area (Å²) in [6, 6.07) is 6.27. The minimum atomic E-state index is -1.10. The van der Waals surface area contributed by atoms with Gasteiger partial charge in [-0.3, -0.25) is 0 Å². The van der Waals surface area contributed by atoms with Gasteiger partial charge in [0.2, 0.25) is 0 Å². The summed E-state index contributed by atoms with van der Waals surface area (Å²) in [5.41, 5.74) is 0.665. The summed E-state index contributed by atoms with van der Waals surface area (Å²) < 4.78 is 15.8. The van der Waals surface area contributed by atoms with E-state index in [0.29, 0.717) is 11.3 Å². The zero-order valence-corrected chi connectivity index (χ0v) is 12.1. The van der Waals surface area contributed by atoms with Crippen LogP contribution in [0, 0.1) is 6.92 Å². The summed E-state index contributed by atoms with van der Waals surface area (Å²) in [6.45, 7) is 1.27. The topological polar surface area (TPSA) is 109 Å².